The van der Waals surface area contributed by atoms with Gasteiger partial charge in [-0.1, -0.05) is 34.1 Å². The summed E-state index contributed by atoms with van der Waals surface area (Å²) >= 11 is 3.40. The second-order valence-corrected chi connectivity index (χ2v) is 7.59. The molecule has 31 heavy (non-hydrogen) atoms. The van der Waals surface area contributed by atoms with E-state index in [9.17, 15) is 9.18 Å². The Labute approximate surface area is 187 Å². The Hall–Kier alpha value is -3.45. The number of rotatable bonds is 5. The maximum absolute atomic E-state index is 14.6. The first-order valence-corrected chi connectivity index (χ1v) is 10.2. The van der Waals surface area contributed by atoms with Crippen molar-refractivity contribution in [3.8, 4) is 11.5 Å². The summed E-state index contributed by atoms with van der Waals surface area (Å²) < 4.78 is 26.0. The molecule has 0 unspecified atom stereocenters. The molecule has 0 saturated carbocycles. The molecular formula is C24H18BrFN2O3. The molecule has 0 atom stereocenters. The predicted molar refractivity (Wildman–Crippen MR) is 122 cm³/mol. The monoisotopic (exact) mass is 480 g/mol. The molecule has 1 heterocycles. The molecule has 0 spiro atoms. The SMILES string of the molecule is COc1ccc(/C=C2/N=C(c3ccccc3F)N(c3ccc(Br)cc3)C2=O)cc1OC. The van der Waals surface area contributed by atoms with Crippen LogP contribution in [0.4, 0.5) is 10.1 Å². The molecule has 0 radical (unpaired) electrons. The minimum absolute atomic E-state index is 0.188. The average Bonchev–Trinajstić information content (AvgIpc) is 3.10. The Morgan fingerprint density at radius 2 is 1.68 bits per heavy atom. The number of anilines is 1. The van der Waals surface area contributed by atoms with Crippen LogP contribution in [0.1, 0.15) is 11.1 Å². The summed E-state index contributed by atoms with van der Waals surface area (Å²) in [6.45, 7) is 0. The summed E-state index contributed by atoms with van der Waals surface area (Å²) in [5, 5.41) is 0. The zero-order valence-corrected chi connectivity index (χ0v) is 18.4. The molecule has 0 saturated heterocycles. The molecule has 3 aromatic carbocycles. The van der Waals surface area contributed by atoms with Gasteiger partial charge in [-0.05, 0) is 60.2 Å². The summed E-state index contributed by atoms with van der Waals surface area (Å²) in [5.74, 6) is 0.538. The first-order valence-electron chi connectivity index (χ1n) is 9.39. The number of benzene rings is 3. The smallest absolute Gasteiger partial charge is 0.282 e. The highest BCUT2D eigenvalue weighted by atomic mass is 79.9. The first kappa shape index (κ1) is 20.8. The van der Waals surface area contributed by atoms with Crippen LogP contribution in [-0.4, -0.2) is 26.0 Å². The molecular weight excluding hydrogens is 463 g/mol. The standard InChI is InChI=1S/C24H18BrFN2O3/c1-30-21-12-7-15(14-22(21)31-2)13-20-24(29)28(17-10-8-16(25)9-11-17)23(27-20)18-5-3-4-6-19(18)26/h3-14H,1-2H3/b20-13+. The van der Waals surface area contributed by atoms with Crippen LogP contribution in [-0.2, 0) is 4.79 Å². The van der Waals surface area contributed by atoms with Crippen LogP contribution < -0.4 is 14.4 Å². The Balaban J connectivity index is 1.83. The fourth-order valence-electron chi connectivity index (χ4n) is 3.27. The fourth-order valence-corrected chi connectivity index (χ4v) is 3.53. The number of halogens is 2. The number of nitrogens with zero attached hydrogens (tertiary/aromatic N) is 2. The van der Waals surface area contributed by atoms with Crippen molar-refractivity contribution in [1.82, 2.24) is 0 Å². The Kier molecular flexibility index (Phi) is 5.86. The van der Waals surface area contributed by atoms with Gasteiger partial charge in [-0.15, -0.1) is 0 Å². The molecule has 1 aliphatic heterocycles. The van der Waals surface area contributed by atoms with E-state index in [1.807, 2.05) is 12.1 Å². The molecule has 4 rings (SSSR count). The van der Waals surface area contributed by atoms with E-state index in [0.717, 1.165) is 4.47 Å². The average molecular weight is 481 g/mol. The van der Waals surface area contributed by atoms with Crippen molar-refractivity contribution in [1.29, 1.82) is 0 Å². The van der Waals surface area contributed by atoms with Crippen LogP contribution in [0.3, 0.4) is 0 Å². The van der Waals surface area contributed by atoms with Crippen molar-refractivity contribution in [2.45, 2.75) is 0 Å². The zero-order chi connectivity index (χ0) is 22.0. The van der Waals surface area contributed by atoms with Gasteiger partial charge >= 0.3 is 0 Å². The molecule has 0 N–H and O–H groups in total. The third-order valence-electron chi connectivity index (χ3n) is 4.77. The Morgan fingerprint density at radius 1 is 0.968 bits per heavy atom. The fraction of sp³-hybridized carbons (Fsp3) is 0.0833. The Bertz CT molecular complexity index is 1210. The lowest BCUT2D eigenvalue weighted by molar-refractivity contribution is -0.113. The van der Waals surface area contributed by atoms with Gasteiger partial charge in [0.2, 0.25) is 0 Å². The van der Waals surface area contributed by atoms with Gasteiger partial charge in [0.1, 0.15) is 11.5 Å². The second kappa shape index (κ2) is 8.73. The minimum Gasteiger partial charge on any atom is -0.493 e. The number of hydrogen-bond acceptors (Lipinski definition) is 4. The quantitative estimate of drug-likeness (QED) is 0.456. The number of amidine groups is 1. The highest BCUT2D eigenvalue weighted by Crippen LogP contribution is 2.32. The highest BCUT2D eigenvalue weighted by molar-refractivity contribution is 9.10. The van der Waals surface area contributed by atoms with Crippen LogP contribution in [0, 0.1) is 5.82 Å². The van der Waals surface area contributed by atoms with Crippen molar-refractivity contribution in [3.63, 3.8) is 0 Å². The third kappa shape index (κ3) is 4.09. The number of amides is 1. The lowest BCUT2D eigenvalue weighted by Gasteiger charge is -2.19. The van der Waals surface area contributed by atoms with Gasteiger partial charge < -0.3 is 9.47 Å². The summed E-state index contributed by atoms with van der Waals surface area (Å²) in [6, 6.07) is 18.7. The van der Waals surface area contributed by atoms with Gasteiger partial charge in [0.25, 0.3) is 5.91 Å². The maximum Gasteiger partial charge on any atom is 0.282 e. The molecule has 0 aliphatic carbocycles. The summed E-state index contributed by atoms with van der Waals surface area (Å²) in [6.07, 6.45) is 1.64. The van der Waals surface area contributed by atoms with Gasteiger partial charge in [-0.3, -0.25) is 9.69 Å². The molecule has 7 heteroatoms. The number of methoxy groups -OCH3 is 2. The first-order chi connectivity index (χ1) is 15.0. The molecule has 1 amide bonds. The molecule has 5 nitrogen and oxygen atoms in total. The van der Waals surface area contributed by atoms with E-state index >= 15 is 0 Å². The molecule has 0 bridgehead atoms. The molecule has 3 aromatic rings. The summed E-state index contributed by atoms with van der Waals surface area (Å²) in [4.78, 5) is 19.2. The number of aliphatic imine (C=N–C) groups is 1. The lowest BCUT2D eigenvalue weighted by Crippen LogP contribution is -2.33. The third-order valence-corrected chi connectivity index (χ3v) is 5.30. The van der Waals surface area contributed by atoms with Crippen molar-refractivity contribution >= 4 is 39.4 Å². The van der Waals surface area contributed by atoms with Crippen LogP contribution in [0.2, 0.25) is 0 Å². The van der Waals surface area contributed by atoms with Crippen molar-refractivity contribution in [2.24, 2.45) is 4.99 Å². The normalized spacial score (nSPS) is 14.7. The number of hydrogen-bond donors (Lipinski definition) is 0. The number of carbonyl (C=O) groups is 1. The van der Waals surface area contributed by atoms with Crippen molar-refractivity contribution in [3.05, 3.63) is 93.8 Å². The van der Waals surface area contributed by atoms with Crippen LogP contribution in [0.15, 0.2) is 81.9 Å². The molecule has 156 valence electrons. The van der Waals surface area contributed by atoms with E-state index < -0.39 is 5.82 Å². The van der Waals surface area contributed by atoms with Crippen molar-refractivity contribution in [2.75, 3.05) is 19.1 Å². The van der Waals surface area contributed by atoms with Gasteiger partial charge in [0.15, 0.2) is 17.3 Å². The molecule has 0 aromatic heterocycles. The second-order valence-electron chi connectivity index (χ2n) is 6.68. The number of ether oxygens (including phenoxy) is 2. The maximum atomic E-state index is 14.6. The predicted octanol–water partition coefficient (Wildman–Crippen LogP) is 5.44. The van der Waals surface area contributed by atoms with Crippen molar-refractivity contribution < 1.29 is 18.7 Å². The van der Waals surface area contributed by atoms with Gasteiger partial charge in [-0.2, -0.15) is 0 Å². The van der Waals surface area contributed by atoms with E-state index in [4.69, 9.17) is 9.47 Å². The number of carbonyl (C=O) groups excluding carboxylic acids is 1. The van der Waals surface area contributed by atoms with Gasteiger partial charge in [0.05, 0.1) is 25.5 Å². The van der Waals surface area contributed by atoms with E-state index in [-0.39, 0.29) is 23.0 Å². The van der Waals surface area contributed by atoms with E-state index in [0.29, 0.717) is 22.7 Å². The minimum atomic E-state index is -0.455. The largest absolute Gasteiger partial charge is 0.493 e. The van der Waals surface area contributed by atoms with E-state index in [1.54, 1.807) is 68.8 Å². The molecule has 0 fully saturated rings. The van der Waals surface area contributed by atoms with Crippen LogP contribution in [0.25, 0.3) is 6.08 Å². The van der Waals surface area contributed by atoms with Crippen LogP contribution >= 0.6 is 15.9 Å². The summed E-state index contributed by atoms with van der Waals surface area (Å²) in [5.41, 5.74) is 1.73. The van der Waals surface area contributed by atoms with Gasteiger partial charge in [-0.25, -0.2) is 9.38 Å². The zero-order valence-electron chi connectivity index (χ0n) is 16.8. The molecule has 1 aliphatic rings. The van der Waals surface area contributed by atoms with E-state index in [1.165, 1.54) is 11.0 Å². The topological polar surface area (TPSA) is 51.1 Å². The summed E-state index contributed by atoms with van der Waals surface area (Å²) in [7, 11) is 3.09. The highest BCUT2D eigenvalue weighted by Gasteiger charge is 2.33. The van der Waals surface area contributed by atoms with Gasteiger partial charge in [0, 0.05) is 4.47 Å². The van der Waals surface area contributed by atoms with E-state index in [2.05, 4.69) is 20.9 Å². The van der Waals surface area contributed by atoms with Crippen LogP contribution in [0.5, 0.6) is 11.5 Å². The lowest BCUT2D eigenvalue weighted by atomic mass is 10.1. The Morgan fingerprint density at radius 3 is 2.35 bits per heavy atom.